The molecule has 0 spiro atoms. The molecule has 1 unspecified atom stereocenters. The van der Waals surface area contributed by atoms with Gasteiger partial charge in [0.15, 0.2) is 0 Å². The van der Waals surface area contributed by atoms with Crippen molar-refractivity contribution in [2.24, 2.45) is 11.5 Å². The lowest BCUT2D eigenvalue weighted by Gasteiger charge is -2.13. The Hall–Kier alpha value is -2.15. The smallest absolute Gasteiger partial charge is 0.293 e. The average molecular weight is 238 g/mol. The predicted molar refractivity (Wildman–Crippen MR) is 63.8 cm³/mol. The fourth-order valence-corrected chi connectivity index (χ4v) is 1.28. The van der Waals surface area contributed by atoms with Crippen LogP contribution in [0.15, 0.2) is 18.2 Å². The van der Waals surface area contributed by atoms with Crippen molar-refractivity contribution in [1.82, 2.24) is 0 Å². The zero-order chi connectivity index (χ0) is 13.0. The van der Waals surface area contributed by atoms with E-state index in [1.54, 1.807) is 6.92 Å². The van der Waals surface area contributed by atoms with Crippen molar-refractivity contribution in [3.05, 3.63) is 33.9 Å². The summed E-state index contributed by atoms with van der Waals surface area (Å²) in [4.78, 5) is 21.2. The normalized spacial score (nSPS) is 11.9. The summed E-state index contributed by atoms with van der Waals surface area (Å²) < 4.78 is 0. The van der Waals surface area contributed by atoms with Gasteiger partial charge in [-0.1, -0.05) is 0 Å². The van der Waals surface area contributed by atoms with Crippen LogP contribution in [0, 0.1) is 10.1 Å². The minimum atomic E-state index is -0.702. The Morgan fingerprint density at radius 2 is 2.24 bits per heavy atom. The van der Waals surface area contributed by atoms with E-state index in [1.165, 1.54) is 12.1 Å². The number of nitrogens with two attached hydrogens (primary N) is 2. The van der Waals surface area contributed by atoms with Crippen molar-refractivity contribution < 1.29 is 9.72 Å². The molecule has 0 fully saturated rings. The van der Waals surface area contributed by atoms with Gasteiger partial charge < -0.3 is 16.8 Å². The van der Waals surface area contributed by atoms with E-state index < -0.39 is 10.8 Å². The van der Waals surface area contributed by atoms with Crippen LogP contribution in [-0.4, -0.2) is 23.4 Å². The maximum atomic E-state index is 10.9. The molecule has 7 nitrogen and oxygen atoms in total. The van der Waals surface area contributed by atoms with Gasteiger partial charge in [-0.25, -0.2) is 0 Å². The van der Waals surface area contributed by atoms with E-state index in [-0.39, 0.29) is 17.3 Å². The van der Waals surface area contributed by atoms with Gasteiger partial charge in [-0.3, -0.25) is 14.9 Å². The molecule has 17 heavy (non-hydrogen) atoms. The number of anilines is 1. The molecule has 0 aromatic heterocycles. The summed E-state index contributed by atoms with van der Waals surface area (Å²) in [5.41, 5.74) is 10.7. The van der Waals surface area contributed by atoms with Crippen LogP contribution in [0.1, 0.15) is 17.3 Å². The fraction of sp³-hybridized carbons (Fsp3) is 0.300. The minimum Gasteiger partial charge on any atom is -0.376 e. The Morgan fingerprint density at radius 3 is 2.71 bits per heavy atom. The Bertz CT molecular complexity index is 447. The number of hydrogen-bond acceptors (Lipinski definition) is 5. The van der Waals surface area contributed by atoms with Crippen molar-refractivity contribution in [1.29, 1.82) is 0 Å². The predicted octanol–water partition coefficient (Wildman–Crippen LogP) is 0.453. The first kappa shape index (κ1) is 12.9. The van der Waals surface area contributed by atoms with Crippen molar-refractivity contribution in [3.8, 4) is 0 Å². The number of nitrogens with zero attached hydrogens (tertiary/aromatic N) is 1. The second kappa shape index (κ2) is 5.26. The Balaban J connectivity index is 3.13. The summed E-state index contributed by atoms with van der Waals surface area (Å²) in [7, 11) is 0. The van der Waals surface area contributed by atoms with Gasteiger partial charge in [0.1, 0.15) is 5.69 Å². The summed E-state index contributed by atoms with van der Waals surface area (Å²) in [6.45, 7) is 2.14. The second-order valence-corrected chi connectivity index (χ2v) is 3.63. The van der Waals surface area contributed by atoms with Crippen LogP contribution >= 0.6 is 0 Å². The van der Waals surface area contributed by atoms with Crippen LogP contribution in [0.25, 0.3) is 0 Å². The van der Waals surface area contributed by atoms with E-state index in [9.17, 15) is 14.9 Å². The molecular weight excluding hydrogens is 224 g/mol. The molecule has 0 bridgehead atoms. The lowest BCUT2D eigenvalue weighted by atomic mass is 10.1. The first-order chi connectivity index (χ1) is 7.95. The monoisotopic (exact) mass is 238 g/mol. The third-order valence-corrected chi connectivity index (χ3v) is 2.23. The summed E-state index contributed by atoms with van der Waals surface area (Å²) >= 11 is 0. The third kappa shape index (κ3) is 3.15. The van der Waals surface area contributed by atoms with Crippen molar-refractivity contribution in [3.63, 3.8) is 0 Å². The molecular formula is C10H14N4O3. The average Bonchev–Trinajstić information content (AvgIpc) is 2.28. The molecule has 0 aliphatic carbocycles. The van der Waals surface area contributed by atoms with Crippen LogP contribution < -0.4 is 16.8 Å². The molecule has 7 heteroatoms. The molecule has 1 atom stereocenters. The lowest BCUT2D eigenvalue weighted by Crippen LogP contribution is -2.25. The molecule has 0 saturated heterocycles. The number of nitro groups is 1. The number of primary amides is 1. The maximum Gasteiger partial charge on any atom is 0.293 e. The SMILES string of the molecule is CC(CN)Nc1ccc(C(N)=O)cc1[N+](=O)[O-]. The van der Waals surface area contributed by atoms with Crippen molar-refractivity contribution >= 4 is 17.3 Å². The second-order valence-electron chi connectivity index (χ2n) is 3.63. The minimum absolute atomic E-state index is 0.0997. The first-order valence-electron chi connectivity index (χ1n) is 5.00. The number of carbonyl (C=O) groups is 1. The number of amides is 1. The van der Waals surface area contributed by atoms with Crippen molar-refractivity contribution in [2.75, 3.05) is 11.9 Å². The molecule has 0 aliphatic rings. The van der Waals surface area contributed by atoms with E-state index in [0.717, 1.165) is 6.07 Å². The molecule has 0 saturated carbocycles. The molecule has 1 aromatic rings. The zero-order valence-corrected chi connectivity index (χ0v) is 9.34. The number of hydrogen-bond donors (Lipinski definition) is 3. The summed E-state index contributed by atoms with van der Waals surface area (Å²) in [6.07, 6.45) is 0. The van der Waals surface area contributed by atoms with Gasteiger partial charge in [0.25, 0.3) is 5.69 Å². The molecule has 0 aliphatic heterocycles. The fourth-order valence-electron chi connectivity index (χ4n) is 1.28. The summed E-state index contributed by atoms with van der Waals surface area (Å²) in [5, 5.41) is 13.7. The van der Waals surface area contributed by atoms with E-state index in [1.807, 2.05) is 0 Å². The Morgan fingerprint density at radius 1 is 1.59 bits per heavy atom. The third-order valence-electron chi connectivity index (χ3n) is 2.23. The molecule has 5 N–H and O–H groups in total. The van der Waals surface area contributed by atoms with Gasteiger partial charge >= 0.3 is 0 Å². The van der Waals surface area contributed by atoms with Gasteiger partial charge in [-0.05, 0) is 19.1 Å². The number of carbonyl (C=O) groups excluding carboxylic acids is 1. The molecule has 0 radical (unpaired) electrons. The molecule has 0 heterocycles. The van der Waals surface area contributed by atoms with Gasteiger partial charge in [0, 0.05) is 24.2 Å². The van der Waals surface area contributed by atoms with Crippen LogP contribution in [0.3, 0.4) is 0 Å². The molecule has 1 rings (SSSR count). The summed E-state index contributed by atoms with van der Waals surface area (Å²) in [6, 6.07) is 3.92. The maximum absolute atomic E-state index is 10.9. The van der Waals surface area contributed by atoms with E-state index in [0.29, 0.717) is 12.2 Å². The quantitative estimate of drug-likeness (QED) is 0.507. The van der Waals surface area contributed by atoms with Gasteiger partial charge in [-0.15, -0.1) is 0 Å². The molecule has 1 aromatic carbocycles. The number of rotatable bonds is 5. The summed E-state index contributed by atoms with van der Waals surface area (Å²) in [5.74, 6) is -0.702. The highest BCUT2D eigenvalue weighted by molar-refractivity contribution is 5.94. The topological polar surface area (TPSA) is 124 Å². The van der Waals surface area contributed by atoms with Crippen LogP contribution in [0.4, 0.5) is 11.4 Å². The van der Waals surface area contributed by atoms with E-state index in [2.05, 4.69) is 5.32 Å². The first-order valence-corrected chi connectivity index (χ1v) is 5.00. The van der Waals surface area contributed by atoms with Gasteiger partial charge in [-0.2, -0.15) is 0 Å². The van der Waals surface area contributed by atoms with E-state index >= 15 is 0 Å². The number of nitro benzene ring substituents is 1. The number of benzene rings is 1. The van der Waals surface area contributed by atoms with Crippen molar-refractivity contribution in [2.45, 2.75) is 13.0 Å². The number of nitrogens with one attached hydrogen (secondary N) is 1. The lowest BCUT2D eigenvalue weighted by molar-refractivity contribution is -0.384. The Kier molecular flexibility index (Phi) is 4.00. The van der Waals surface area contributed by atoms with Crippen LogP contribution in [0.2, 0.25) is 0 Å². The zero-order valence-electron chi connectivity index (χ0n) is 9.34. The van der Waals surface area contributed by atoms with Crippen LogP contribution in [0.5, 0.6) is 0 Å². The van der Waals surface area contributed by atoms with Gasteiger partial charge in [0.2, 0.25) is 5.91 Å². The highest BCUT2D eigenvalue weighted by atomic mass is 16.6. The van der Waals surface area contributed by atoms with Crippen LogP contribution in [-0.2, 0) is 0 Å². The highest BCUT2D eigenvalue weighted by Gasteiger charge is 2.17. The molecule has 92 valence electrons. The van der Waals surface area contributed by atoms with Gasteiger partial charge in [0.05, 0.1) is 4.92 Å². The largest absolute Gasteiger partial charge is 0.376 e. The Labute approximate surface area is 97.9 Å². The highest BCUT2D eigenvalue weighted by Crippen LogP contribution is 2.25. The molecule has 1 amide bonds. The standard InChI is InChI=1S/C10H14N4O3/c1-6(5-11)13-8-3-2-7(10(12)15)4-9(8)14(16)17/h2-4,6,13H,5,11H2,1H3,(H2,12,15). The van der Waals surface area contributed by atoms with E-state index in [4.69, 9.17) is 11.5 Å².